The zero-order valence-corrected chi connectivity index (χ0v) is 13.1. The van der Waals surface area contributed by atoms with Crippen molar-refractivity contribution in [2.24, 2.45) is 11.0 Å². The van der Waals surface area contributed by atoms with Crippen LogP contribution >= 0.6 is 15.9 Å². The first-order valence-corrected chi connectivity index (χ1v) is 7.50. The van der Waals surface area contributed by atoms with Crippen LogP contribution in [-0.4, -0.2) is 24.2 Å². The third-order valence-electron chi connectivity index (χ3n) is 3.49. The first-order chi connectivity index (χ1) is 10.7. The summed E-state index contributed by atoms with van der Waals surface area (Å²) in [6.07, 6.45) is 0.353. The molecule has 1 aromatic heterocycles. The molecule has 8 heteroatoms. The minimum atomic E-state index is -0.0462. The molecule has 1 aliphatic heterocycles. The lowest BCUT2D eigenvalue weighted by Crippen LogP contribution is -2.24. The Hall–Kier alpha value is -2.31. The summed E-state index contributed by atoms with van der Waals surface area (Å²) in [5.41, 5.74) is 9.93. The number of aromatic nitrogens is 1. The highest BCUT2D eigenvalue weighted by Crippen LogP contribution is 2.30. The monoisotopic (exact) mass is 361 g/mol. The van der Waals surface area contributed by atoms with Gasteiger partial charge in [-0.3, -0.25) is 9.69 Å². The van der Waals surface area contributed by atoms with Gasteiger partial charge in [0.25, 0.3) is 0 Å². The predicted molar refractivity (Wildman–Crippen MR) is 84.1 cm³/mol. The maximum Gasteiger partial charge on any atom is 0.234 e. The lowest BCUT2D eigenvalue weighted by atomic mass is 10.1. The topological polar surface area (TPSA) is 95.1 Å². The molecule has 1 amide bonds. The molecule has 2 aromatic rings. The lowest BCUT2D eigenvalue weighted by Gasteiger charge is -2.10. The van der Waals surface area contributed by atoms with Crippen LogP contribution in [0.2, 0.25) is 0 Å². The number of carbonyl (C=O) groups excluding carboxylic acids is 1. The van der Waals surface area contributed by atoms with E-state index in [4.69, 9.17) is 10.1 Å². The van der Waals surface area contributed by atoms with Crippen LogP contribution in [0.4, 0.5) is 5.88 Å². The molecule has 0 radical (unpaired) electrons. The smallest absolute Gasteiger partial charge is 0.234 e. The van der Waals surface area contributed by atoms with Gasteiger partial charge in [-0.15, -0.1) is 0 Å². The van der Waals surface area contributed by atoms with Crippen molar-refractivity contribution in [2.75, 3.05) is 18.0 Å². The number of nitrogens with zero attached hydrogens (tertiary/aromatic N) is 5. The van der Waals surface area contributed by atoms with Crippen LogP contribution in [0.15, 0.2) is 44.4 Å². The van der Waals surface area contributed by atoms with Crippen LogP contribution in [0.5, 0.6) is 0 Å². The van der Waals surface area contributed by atoms with Crippen LogP contribution in [0, 0.1) is 5.92 Å². The van der Waals surface area contributed by atoms with Gasteiger partial charge < -0.3 is 4.52 Å². The van der Waals surface area contributed by atoms with Gasteiger partial charge in [0.1, 0.15) is 5.69 Å². The molecule has 1 unspecified atom stereocenters. The van der Waals surface area contributed by atoms with Crippen molar-refractivity contribution in [1.82, 2.24) is 5.16 Å². The summed E-state index contributed by atoms with van der Waals surface area (Å²) in [4.78, 5) is 16.3. The molecule has 0 spiro atoms. The van der Waals surface area contributed by atoms with E-state index in [0.29, 0.717) is 31.1 Å². The van der Waals surface area contributed by atoms with Crippen molar-refractivity contribution in [2.45, 2.75) is 6.42 Å². The van der Waals surface area contributed by atoms with E-state index in [0.717, 1.165) is 10.0 Å². The van der Waals surface area contributed by atoms with Gasteiger partial charge in [0.05, 0.1) is 0 Å². The molecule has 0 saturated carbocycles. The molecule has 1 aliphatic rings. The Balaban J connectivity index is 1.79. The number of hydrogen-bond donors (Lipinski definition) is 0. The number of anilines is 1. The molecule has 1 atom stereocenters. The summed E-state index contributed by atoms with van der Waals surface area (Å²) in [5.74, 6) is 0.390. The van der Waals surface area contributed by atoms with Crippen molar-refractivity contribution >= 4 is 27.7 Å². The van der Waals surface area contributed by atoms with Crippen LogP contribution in [0.25, 0.3) is 21.7 Å². The van der Waals surface area contributed by atoms with Gasteiger partial charge in [0, 0.05) is 40.5 Å². The Morgan fingerprint density at radius 1 is 1.50 bits per heavy atom. The van der Waals surface area contributed by atoms with Crippen LogP contribution in [0.3, 0.4) is 0 Å². The third-order valence-corrected chi connectivity index (χ3v) is 3.99. The number of halogens is 1. The zero-order chi connectivity index (χ0) is 15.5. The number of benzene rings is 1. The Kier molecular flexibility index (Phi) is 4.13. The molecular weight excluding hydrogens is 350 g/mol. The van der Waals surface area contributed by atoms with E-state index >= 15 is 0 Å². The van der Waals surface area contributed by atoms with Gasteiger partial charge in [-0.2, -0.15) is 0 Å². The Morgan fingerprint density at radius 3 is 3.14 bits per heavy atom. The molecule has 0 aliphatic carbocycles. The van der Waals surface area contributed by atoms with Gasteiger partial charge in [-0.25, -0.2) is 0 Å². The normalized spacial score (nSPS) is 17.6. The standard InChI is InChI=1S/C14H12BrN5O2/c15-11-3-1-2-10(5-11)12-6-14(22-18-12)20-8-9(4-13(20)21)7-17-19-16/h1-3,5-6,9H,4,7-8H2. The van der Waals surface area contributed by atoms with Crippen molar-refractivity contribution < 1.29 is 9.32 Å². The minimum absolute atomic E-state index is 0.0165. The van der Waals surface area contributed by atoms with E-state index in [1.165, 1.54) is 0 Å². The van der Waals surface area contributed by atoms with E-state index < -0.39 is 0 Å². The fourth-order valence-corrected chi connectivity index (χ4v) is 2.84. The van der Waals surface area contributed by atoms with E-state index in [1.54, 1.807) is 11.0 Å². The number of amides is 1. The summed E-state index contributed by atoms with van der Waals surface area (Å²) in [5, 5.41) is 7.55. The van der Waals surface area contributed by atoms with Crippen LogP contribution < -0.4 is 4.90 Å². The predicted octanol–water partition coefficient (Wildman–Crippen LogP) is 3.77. The van der Waals surface area contributed by atoms with E-state index in [2.05, 4.69) is 31.1 Å². The van der Waals surface area contributed by atoms with Crippen LogP contribution in [0.1, 0.15) is 6.42 Å². The average Bonchev–Trinajstić information content (AvgIpc) is 3.11. The SMILES string of the molecule is [N-]=[N+]=NCC1CC(=O)N(c2cc(-c3cccc(Br)c3)no2)C1. The largest absolute Gasteiger partial charge is 0.338 e. The molecule has 3 rings (SSSR count). The van der Waals surface area contributed by atoms with Crippen LogP contribution in [-0.2, 0) is 4.79 Å². The fourth-order valence-electron chi connectivity index (χ4n) is 2.45. The number of rotatable bonds is 4. The molecule has 1 saturated heterocycles. The molecular formula is C14H12BrN5O2. The maximum atomic E-state index is 12.0. The quantitative estimate of drug-likeness (QED) is 0.471. The van der Waals surface area contributed by atoms with Crippen molar-refractivity contribution in [3.63, 3.8) is 0 Å². The number of azide groups is 1. The number of hydrogen-bond acceptors (Lipinski definition) is 4. The van der Waals surface area contributed by atoms with Crippen molar-refractivity contribution in [1.29, 1.82) is 0 Å². The molecule has 0 bridgehead atoms. The molecule has 0 N–H and O–H groups in total. The summed E-state index contributed by atoms with van der Waals surface area (Å²) < 4.78 is 6.25. The van der Waals surface area contributed by atoms with Crippen molar-refractivity contribution in [3.05, 3.63) is 45.2 Å². The summed E-state index contributed by atoms with van der Waals surface area (Å²) in [6, 6.07) is 9.43. The lowest BCUT2D eigenvalue weighted by molar-refractivity contribution is -0.117. The zero-order valence-electron chi connectivity index (χ0n) is 11.5. The highest BCUT2D eigenvalue weighted by molar-refractivity contribution is 9.10. The van der Waals surface area contributed by atoms with Gasteiger partial charge in [0.15, 0.2) is 0 Å². The Morgan fingerprint density at radius 2 is 2.36 bits per heavy atom. The van der Waals surface area contributed by atoms with Gasteiger partial charge in [0.2, 0.25) is 11.8 Å². The van der Waals surface area contributed by atoms with E-state index in [9.17, 15) is 4.79 Å². The first kappa shape index (κ1) is 14.6. The second-order valence-corrected chi connectivity index (χ2v) is 5.96. The molecule has 112 valence electrons. The third kappa shape index (κ3) is 2.98. The fraction of sp³-hybridized carbons (Fsp3) is 0.286. The highest BCUT2D eigenvalue weighted by atomic mass is 79.9. The second-order valence-electron chi connectivity index (χ2n) is 5.05. The Bertz CT molecular complexity index is 753. The van der Waals surface area contributed by atoms with E-state index in [-0.39, 0.29) is 11.8 Å². The van der Waals surface area contributed by atoms with Gasteiger partial charge in [-0.05, 0) is 23.6 Å². The maximum absolute atomic E-state index is 12.0. The van der Waals surface area contributed by atoms with Gasteiger partial charge in [-0.1, -0.05) is 38.3 Å². The number of carbonyl (C=O) groups is 1. The molecule has 2 heterocycles. The second kappa shape index (κ2) is 6.21. The van der Waals surface area contributed by atoms with Gasteiger partial charge >= 0.3 is 0 Å². The average molecular weight is 362 g/mol. The summed E-state index contributed by atoms with van der Waals surface area (Å²) in [6.45, 7) is 0.788. The molecule has 1 aromatic carbocycles. The minimum Gasteiger partial charge on any atom is -0.338 e. The molecule has 7 nitrogen and oxygen atoms in total. The highest BCUT2D eigenvalue weighted by Gasteiger charge is 2.32. The summed E-state index contributed by atoms with van der Waals surface area (Å²) in [7, 11) is 0. The molecule has 1 fully saturated rings. The van der Waals surface area contributed by atoms with E-state index in [1.807, 2.05) is 24.3 Å². The van der Waals surface area contributed by atoms with Crippen molar-refractivity contribution in [3.8, 4) is 11.3 Å². The summed E-state index contributed by atoms with van der Waals surface area (Å²) >= 11 is 3.41. The Labute approximate surface area is 134 Å². The first-order valence-electron chi connectivity index (χ1n) is 6.71. The molecule has 22 heavy (non-hydrogen) atoms.